The number of esters is 1. The van der Waals surface area contributed by atoms with Crippen molar-refractivity contribution in [3.8, 4) is 33.9 Å². The predicted molar refractivity (Wildman–Crippen MR) is 181 cm³/mol. The first-order chi connectivity index (χ1) is 23.1. The van der Waals surface area contributed by atoms with Gasteiger partial charge in [-0.2, -0.15) is 0 Å². The van der Waals surface area contributed by atoms with Gasteiger partial charge >= 0.3 is 5.97 Å². The van der Waals surface area contributed by atoms with Crippen LogP contribution in [0, 0.1) is 0 Å². The van der Waals surface area contributed by atoms with E-state index in [2.05, 4.69) is 27.9 Å². The molecule has 5 aromatic rings. The molecule has 1 aromatic heterocycles. The zero-order valence-corrected chi connectivity index (χ0v) is 25.6. The van der Waals surface area contributed by atoms with Crippen LogP contribution in [0.4, 0.5) is 5.82 Å². The van der Waals surface area contributed by atoms with Crippen molar-refractivity contribution in [2.24, 2.45) is 9.98 Å². The first kappa shape index (κ1) is 30.8. The highest BCUT2D eigenvalue weighted by Gasteiger charge is 2.21. The van der Waals surface area contributed by atoms with Crippen LogP contribution in [0.25, 0.3) is 28.0 Å². The highest BCUT2D eigenvalue weighted by Crippen LogP contribution is 2.37. The molecule has 0 aliphatic carbocycles. The molecule has 47 heavy (non-hydrogen) atoms. The Labute approximate surface area is 271 Å². The second-order valence-corrected chi connectivity index (χ2v) is 10.4. The van der Waals surface area contributed by atoms with E-state index in [1.165, 1.54) is 7.11 Å². The Kier molecular flexibility index (Phi) is 9.63. The molecule has 2 heterocycles. The Morgan fingerprint density at radius 3 is 2.06 bits per heavy atom. The molecule has 0 amide bonds. The average molecular weight is 626 g/mol. The SMILES string of the molecule is COC(=O)COc1ccc(C2=NC(=Nc3[nH]c(-c4ccc(OCCOC=O)cc4)cc3-c3ccccc3)C(c3ccccc3)=C2)cc1. The van der Waals surface area contributed by atoms with Crippen LogP contribution in [-0.2, 0) is 19.1 Å². The molecule has 1 aliphatic rings. The van der Waals surface area contributed by atoms with Crippen LogP contribution in [0.5, 0.6) is 11.5 Å². The maximum absolute atomic E-state index is 11.5. The number of hydrogen-bond acceptors (Lipinski definition) is 7. The quantitative estimate of drug-likeness (QED) is 0.0851. The van der Waals surface area contributed by atoms with Crippen LogP contribution in [-0.4, -0.2) is 55.9 Å². The number of H-pyrrole nitrogens is 1. The fraction of sp³-hybridized carbons (Fsp3) is 0.105. The summed E-state index contributed by atoms with van der Waals surface area (Å²) in [5.41, 5.74) is 7.30. The number of rotatable bonds is 13. The topological polar surface area (TPSA) is 112 Å². The molecule has 1 aliphatic heterocycles. The summed E-state index contributed by atoms with van der Waals surface area (Å²) in [6.45, 7) is 0.700. The van der Waals surface area contributed by atoms with E-state index in [-0.39, 0.29) is 19.8 Å². The van der Waals surface area contributed by atoms with Crippen LogP contribution in [0.1, 0.15) is 11.1 Å². The molecular formula is C38H31N3O6. The summed E-state index contributed by atoms with van der Waals surface area (Å²) in [6.07, 6.45) is 2.03. The van der Waals surface area contributed by atoms with Crippen molar-refractivity contribution in [2.75, 3.05) is 26.9 Å². The molecule has 4 aromatic carbocycles. The lowest BCUT2D eigenvalue weighted by Crippen LogP contribution is -2.12. The summed E-state index contributed by atoms with van der Waals surface area (Å²) in [5, 5.41) is 0. The van der Waals surface area contributed by atoms with Crippen molar-refractivity contribution in [1.82, 2.24) is 4.98 Å². The van der Waals surface area contributed by atoms with Gasteiger partial charge in [0.15, 0.2) is 12.4 Å². The minimum absolute atomic E-state index is 0.163. The summed E-state index contributed by atoms with van der Waals surface area (Å²) in [6, 6.07) is 37.3. The van der Waals surface area contributed by atoms with E-state index in [1.807, 2.05) is 91.0 Å². The van der Waals surface area contributed by atoms with Crippen molar-refractivity contribution in [1.29, 1.82) is 0 Å². The number of aromatic nitrogens is 1. The minimum Gasteiger partial charge on any atom is -0.490 e. The lowest BCUT2D eigenvalue weighted by Gasteiger charge is -2.06. The lowest BCUT2D eigenvalue weighted by molar-refractivity contribution is -0.142. The number of nitrogens with one attached hydrogen (secondary N) is 1. The van der Waals surface area contributed by atoms with Gasteiger partial charge in [0.2, 0.25) is 0 Å². The van der Waals surface area contributed by atoms with Crippen LogP contribution >= 0.6 is 0 Å². The molecule has 6 rings (SSSR count). The van der Waals surface area contributed by atoms with Gasteiger partial charge < -0.3 is 23.9 Å². The van der Waals surface area contributed by atoms with Crippen molar-refractivity contribution in [2.45, 2.75) is 0 Å². The number of aliphatic imine (C=N–C) groups is 2. The van der Waals surface area contributed by atoms with Crippen LogP contribution in [0.15, 0.2) is 131 Å². The number of nitrogens with zero attached hydrogens (tertiary/aromatic N) is 2. The van der Waals surface area contributed by atoms with Crippen molar-refractivity contribution in [3.05, 3.63) is 132 Å². The summed E-state index contributed by atoms with van der Waals surface area (Å²) >= 11 is 0. The van der Waals surface area contributed by atoms with E-state index in [1.54, 1.807) is 12.1 Å². The Morgan fingerprint density at radius 2 is 1.40 bits per heavy atom. The van der Waals surface area contributed by atoms with Gasteiger partial charge in [0, 0.05) is 22.4 Å². The Bertz CT molecular complexity index is 1930. The number of aromatic amines is 1. The molecule has 0 spiro atoms. The van der Waals surface area contributed by atoms with E-state index in [0.717, 1.165) is 44.8 Å². The first-order valence-corrected chi connectivity index (χ1v) is 14.9. The molecule has 0 radical (unpaired) electrons. The maximum atomic E-state index is 11.5. The van der Waals surface area contributed by atoms with Gasteiger partial charge in [-0.1, -0.05) is 60.7 Å². The van der Waals surface area contributed by atoms with E-state index in [4.69, 9.17) is 24.2 Å². The fourth-order valence-electron chi connectivity index (χ4n) is 5.01. The smallest absolute Gasteiger partial charge is 0.343 e. The number of amidine groups is 1. The lowest BCUT2D eigenvalue weighted by atomic mass is 10.0. The van der Waals surface area contributed by atoms with Crippen LogP contribution in [0.3, 0.4) is 0 Å². The van der Waals surface area contributed by atoms with E-state index >= 15 is 0 Å². The molecule has 0 bridgehead atoms. The number of allylic oxidation sites excluding steroid dienone is 1. The molecule has 1 N–H and O–H groups in total. The number of methoxy groups -OCH3 is 1. The van der Waals surface area contributed by atoms with Gasteiger partial charge in [-0.05, 0) is 77.4 Å². The third-order valence-electron chi connectivity index (χ3n) is 7.37. The molecule has 0 unspecified atom stereocenters. The molecule has 9 heteroatoms. The predicted octanol–water partition coefficient (Wildman–Crippen LogP) is 7.07. The van der Waals surface area contributed by atoms with Crippen LogP contribution < -0.4 is 9.47 Å². The first-order valence-electron chi connectivity index (χ1n) is 14.9. The molecule has 9 nitrogen and oxygen atoms in total. The zero-order chi connectivity index (χ0) is 32.4. The molecule has 0 atom stereocenters. The summed E-state index contributed by atoms with van der Waals surface area (Å²) in [4.78, 5) is 35.5. The summed E-state index contributed by atoms with van der Waals surface area (Å²) < 4.78 is 20.5. The number of hydrogen-bond donors (Lipinski definition) is 1. The minimum atomic E-state index is -0.447. The van der Waals surface area contributed by atoms with Crippen molar-refractivity contribution < 1.29 is 28.5 Å². The van der Waals surface area contributed by atoms with Crippen LogP contribution in [0.2, 0.25) is 0 Å². The number of carbonyl (C=O) groups is 2. The zero-order valence-electron chi connectivity index (χ0n) is 25.6. The molecular weight excluding hydrogens is 594 g/mol. The summed E-state index contributed by atoms with van der Waals surface area (Å²) in [7, 11) is 1.32. The monoisotopic (exact) mass is 625 g/mol. The van der Waals surface area contributed by atoms with Gasteiger partial charge in [0.05, 0.1) is 12.8 Å². The van der Waals surface area contributed by atoms with Gasteiger partial charge in [-0.15, -0.1) is 0 Å². The van der Waals surface area contributed by atoms with E-state index in [9.17, 15) is 9.59 Å². The Balaban J connectivity index is 1.35. The molecule has 0 saturated carbocycles. The second-order valence-electron chi connectivity index (χ2n) is 10.4. The average Bonchev–Trinajstić information content (AvgIpc) is 3.75. The number of benzene rings is 4. The molecule has 0 saturated heterocycles. The Hall–Kier alpha value is -6.22. The maximum Gasteiger partial charge on any atom is 0.343 e. The van der Waals surface area contributed by atoms with E-state index < -0.39 is 5.97 Å². The normalized spacial score (nSPS) is 13.1. The highest BCUT2D eigenvalue weighted by atomic mass is 16.6. The largest absolute Gasteiger partial charge is 0.490 e. The molecule has 234 valence electrons. The van der Waals surface area contributed by atoms with Gasteiger partial charge in [-0.25, -0.2) is 14.8 Å². The second kappa shape index (κ2) is 14.7. The number of ether oxygens (including phenoxy) is 4. The van der Waals surface area contributed by atoms with E-state index in [0.29, 0.717) is 29.6 Å². The molecule has 0 fully saturated rings. The third kappa shape index (κ3) is 7.54. The number of carbonyl (C=O) groups excluding carboxylic acids is 2. The van der Waals surface area contributed by atoms with Gasteiger partial charge in [-0.3, -0.25) is 4.79 Å². The van der Waals surface area contributed by atoms with Gasteiger partial charge in [0.1, 0.15) is 30.5 Å². The van der Waals surface area contributed by atoms with Crippen molar-refractivity contribution >= 4 is 35.4 Å². The standard InChI is InChI=1S/C38H31N3O6/c1-44-36(43)24-47-31-18-14-29(15-19-31)35-23-33(27-10-6-3-7-11-27)38(40-35)41-37-32(26-8-4-2-5-9-26)22-34(39-37)28-12-16-30(17-13-28)46-21-20-45-25-42/h2-19,22-23,25,39H,20-21,24H2,1H3. The summed E-state index contributed by atoms with van der Waals surface area (Å²) in [5.74, 6) is 2.02. The third-order valence-corrected chi connectivity index (χ3v) is 7.37. The fourth-order valence-corrected chi connectivity index (χ4v) is 5.01. The van der Waals surface area contributed by atoms with Crippen molar-refractivity contribution in [3.63, 3.8) is 0 Å². The van der Waals surface area contributed by atoms with Gasteiger partial charge in [0.25, 0.3) is 6.47 Å². The Morgan fingerprint density at radius 1 is 0.766 bits per heavy atom. The highest BCUT2D eigenvalue weighted by molar-refractivity contribution is 6.38.